The zero-order valence-electron chi connectivity index (χ0n) is 19.3. The molecule has 32 heavy (non-hydrogen) atoms. The first-order valence-corrected chi connectivity index (χ1v) is 12.5. The summed E-state index contributed by atoms with van der Waals surface area (Å²) in [6.45, 7) is 6.30. The summed E-state index contributed by atoms with van der Waals surface area (Å²) >= 11 is 7.74. The smallest absolute Gasteiger partial charge is 0.243 e. The number of nitrogens with zero attached hydrogens (tertiary/aromatic N) is 1. The van der Waals surface area contributed by atoms with Gasteiger partial charge in [-0.2, -0.15) is 0 Å². The number of rotatable bonds is 12. The minimum atomic E-state index is -0.528. The molecular formula is C25H33ClN2O3S. The molecule has 2 aromatic carbocycles. The lowest BCUT2D eigenvalue weighted by atomic mass is 10.1. The molecule has 2 aromatic rings. The van der Waals surface area contributed by atoms with Crippen molar-refractivity contribution in [2.75, 3.05) is 12.9 Å². The van der Waals surface area contributed by atoms with Crippen LogP contribution in [0.3, 0.4) is 0 Å². The fraction of sp³-hybridized carbons (Fsp3) is 0.440. The standard InChI is InChI=1S/C25H33ClN2O3S/c1-5-18(3)27-25(30)23(6-2)28(15-19-11-13-21(31-4)14-12-19)24(29)17-32-16-20-9-7-8-10-22(20)26/h7-14,18,23H,5-6,15-17H2,1-4H3,(H,27,30). The molecule has 0 radical (unpaired) electrons. The fourth-order valence-electron chi connectivity index (χ4n) is 3.23. The van der Waals surface area contributed by atoms with Crippen LogP contribution in [0.25, 0.3) is 0 Å². The molecular weight excluding hydrogens is 444 g/mol. The van der Waals surface area contributed by atoms with E-state index in [9.17, 15) is 9.59 Å². The van der Waals surface area contributed by atoms with Crippen molar-refractivity contribution in [1.29, 1.82) is 0 Å². The number of nitrogens with one attached hydrogen (secondary N) is 1. The Bertz CT molecular complexity index is 876. The molecule has 1 N–H and O–H groups in total. The number of benzene rings is 2. The summed E-state index contributed by atoms with van der Waals surface area (Å²) in [5.74, 6) is 1.49. The van der Waals surface area contributed by atoms with Gasteiger partial charge in [0.25, 0.3) is 0 Å². The molecule has 0 fully saturated rings. The second-order valence-corrected chi connectivity index (χ2v) is 9.09. The van der Waals surface area contributed by atoms with Gasteiger partial charge in [-0.25, -0.2) is 0 Å². The minimum Gasteiger partial charge on any atom is -0.497 e. The maximum atomic E-state index is 13.3. The molecule has 0 aliphatic rings. The van der Waals surface area contributed by atoms with Crippen molar-refractivity contribution >= 4 is 35.2 Å². The van der Waals surface area contributed by atoms with E-state index in [0.29, 0.717) is 23.7 Å². The van der Waals surface area contributed by atoms with Gasteiger partial charge in [0.1, 0.15) is 11.8 Å². The second-order valence-electron chi connectivity index (χ2n) is 7.70. The Kier molecular flexibility index (Phi) is 10.9. The van der Waals surface area contributed by atoms with Gasteiger partial charge < -0.3 is 15.0 Å². The van der Waals surface area contributed by atoms with Crippen molar-refractivity contribution in [3.05, 3.63) is 64.7 Å². The molecule has 2 atom stereocenters. The first-order chi connectivity index (χ1) is 15.4. The van der Waals surface area contributed by atoms with Crippen molar-refractivity contribution in [3.8, 4) is 5.75 Å². The molecule has 0 aliphatic heterocycles. The number of hydrogen-bond acceptors (Lipinski definition) is 4. The Morgan fingerprint density at radius 3 is 2.38 bits per heavy atom. The van der Waals surface area contributed by atoms with E-state index in [1.54, 1.807) is 12.0 Å². The van der Waals surface area contributed by atoms with Crippen molar-refractivity contribution in [3.63, 3.8) is 0 Å². The molecule has 0 aliphatic carbocycles. The summed E-state index contributed by atoms with van der Waals surface area (Å²) in [6.07, 6.45) is 1.38. The summed E-state index contributed by atoms with van der Waals surface area (Å²) in [4.78, 5) is 27.9. The highest BCUT2D eigenvalue weighted by atomic mass is 35.5. The molecule has 5 nitrogen and oxygen atoms in total. The Morgan fingerprint density at radius 1 is 1.09 bits per heavy atom. The first-order valence-electron chi connectivity index (χ1n) is 10.9. The van der Waals surface area contributed by atoms with E-state index < -0.39 is 6.04 Å². The molecule has 2 rings (SSSR count). The largest absolute Gasteiger partial charge is 0.497 e. The third-order valence-electron chi connectivity index (χ3n) is 5.34. The van der Waals surface area contributed by atoms with E-state index in [2.05, 4.69) is 5.32 Å². The Balaban J connectivity index is 2.15. The van der Waals surface area contributed by atoms with Gasteiger partial charge in [-0.1, -0.05) is 55.8 Å². The molecule has 0 bridgehead atoms. The van der Waals surface area contributed by atoms with E-state index in [1.165, 1.54) is 11.8 Å². The van der Waals surface area contributed by atoms with Crippen LogP contribution in [0.4, 0.5) is 0 Å². The number of thioether (sulfide) groups is 1. The van der Waals surface area contributed by atoms with E-state index >= 15 is 0 Å². The predicted molar refractivity (Wildman–Crippen MR) is 133 cm³/mol. The molecule has 0 spiro atoms. The second kappa shape index (κ2) is 13.4. The van der Waals surface area contributed by atoms with Crippen molar-refractivity contribution < 1.29 is 14.3 Å². The van der Waals surface area contributed by atoms with E-state index in [4.69, 9.17) is 16.3 Å². The number of methoxy groups -OCH3 is 1. The van der Waals surface area contributed by atoms with E-state index in [0.717, 1.165) is 23.3 Å². The molecule has 7 heteroatoms. The zero-order chi connectivity index (χ0) is 23.5. The summed E-state index contributed by atoms with van der Waals surface area (Å²) < 4.78 is 5.23. The highest BCUT2D eigenvalue weighted by molar-refractivity contribution is 7.99. The lowest BCUT2D eigenvalue weighted by molar-refractivity contribution is -0.139. The average molecular weight is 477 g/mol. The van der Waals surface area contributed by atoms with Crippen LogP contribution in [0.2, 0.25) is 5.02 Å². The van der Waals surface area contributed by atoms with E-state index in [1.807, 2.05) is 69.3 Å². The van der Waals surface area contributed by atoms with Gasteiger partial charge in [-0.3, -0.25) is 9.59 Å². The maximum absolute atomic E-state index is 13.3. The summed E-state index contributed by atoms with van der Waals surface area (Å²) in [6, 6.07) is 14.7. The van der Waals surface area contributed by atoms with Gasteiger partial charge in [-0.15, -0.1) is 11.8 Å². The molecule has 174 valence electrons. The number of ether oxygens (including phenoxy) is 1. The number of hydrogen-bond donors (Lipinski definition) is 1. The molecule has 0 heterocycles. The summed E-state index contributed by atoms with van der Waals surface area (Å²) in [5, 5.41) is 3.73. The fourth-order valence-corrected chi connectivity index (χ4v) is 4.43. The third-order valence-corrected chi connectivity index (χ3v) is 6.67. The molecule has 2 unspecified atom stereocenters. The van der Waals surface area contributed by atoms with Crippen molar-refractivity contribution in [1.82, 2.24) is 10.2 Å². The number of carbonyl (C=O) groups excluding carboxylic acids is 2. The van der Waals surface area contributed by atoms with Gasteiger partial charge >= 0.3 is 0 Å². The molecule has 2 amide bonds. The van der Waals surface area contributed by atoms with Crippen LogP contribution in [0.5, 0.6) is 5.75 Å². The number of halogens is 1. The molecule has 0 aromatic heterocycles. The van der Waals surface area contributed by atoms with Gasteiger partial charge in [0.15, 0.2) is 0 Å². The monoisotopic (exact) mass is 476 g/mol. The van der Waals surface area contributed by atoms with Crippen LogP contribution in [0, 0.1) is 0 Å². The van der Waals surface area contributed by atoms with Crippen molar-refractivity contribution in [2.45, 2.75) is 58.0 Å². The predicted octanol–water partition coefficient (Wildman–Crippen LogP) is 5.30. The van der Waals surface area contributed by atoms with E-state index in [-0.39, 0.29) is 23.6 Å². The molecule has 0 saturated heterocycles. The minimum absolute atomic E-state index is 0.0593. The number of amides is 2. The Labute approximate surface area is 200 Å². The van der Waals surface area contributed by atoms with Crippen LogP contribution >= 0.6 is 23.4 Å². The molecule has 0 saturated carbocycles. The zero-order valence-corrected chi connectivity index (χ0v) is 20.8. The van der Waals surface area contributed by atoms with Gasteiger partial charge in [0.05, 0.1) is 12.9 Å². The highest BCUT2D eigenvalue weighted by Crippen LogP contribution is 2.22. The topological polar surface area (TPSA) is 58.6 Å². The Hall–Kier alpha value is -2.18. The van der Waals surface area contributed by atoms with Gasteiger partial charge in [0, 0.05) is 23.4 Å². The normalized spacial score (nSPS) is 12.7. The lowest BCUT2D eigenvalue weighted by Gasteiger charge is -2.31. The average Bonchev–Trinajstić information content (AvgIpc) is 2.80. The van der Waals surface area contributed by atoms with Gasteiger partial charge in [0.2, 0.25) is 11.8 Å². The summed E-state index contributed by atoms with van der Waals surface area (Å²) in [7, 11) is 1.62. The van der Waals surface area contributed by atoms with Crippen LogP contribution < -0.4 is 10.1 Å². The maximum Gasteiger partial charge on any atom is 0.243 e. The van der Waals surface area contributed by atoms with Crippen molar-refractivity contribution in [2.24, 2.45) is 0 Å². The quantitative estimate of drug-likeness (QED) is 0.451. The SMILES string of the molecule is CCC(C)NC(=O)C(CC)N(Cc1ccc(OC)cc1)C(=O)CSCc1ccccc1Cl. The van der Waals surface area contributed by atoms with Crippen LogP contribution in [-0.2, 0) is 21.9 Å². The third kappa shape index (κ3) is 7.75. The van der Waals surface area contributed by atoms with Gasteiger partial charge in [-0.05, 0) is 49.1 Å². The lowest BCUT2D eigenvalue weighted by Crippen LogP contribution is -2.51. The highest BCUT2D eigenvalue weighted by Gasteiger charge is 2.29. The van der Waals surface area contributed by atoms with Crippen LogP contribution in [0.1, 0.15) is 44.7 Å². The Morgan fingerprint density at radius 2 is 1.78 bits per heavy atom. The first kappa shape index (κ1) is 26.1. The number of carbonyl (C=O) groups is 2. The van der Waals surface area contributed by atoms with Crippen LogP contribution in [-0.4, -0.2) is 41.7 Å². The summed E-state index contributed by atoms with van der Waals surface area (Å²) in [5.41, 5.74) is 1.94. The van der Waals surface area contributed by atoms with Crippen LogP contribution in [0.15, 0.2) is 48.5 Å².